The van der Waals surface area contributed by atoms with E-state index in [1.165, 1.54) is 94.2 Å². The van der Waals surface area contributed by atoms with E-state index in [2.05, 4.69) is 54.6 Å². The highest BCUT2D eigenvalue weighted by molar-refractivity contribution is 5.68. The first-order valence-corrected chi connectivity index (χ1v) is 32.7. The number of aliphatic hydroxyl groups is 4. The zero-order valence-electron chi connectivity index (χ0n) is 54.1. The van der Waals surface area contributed by atoms with Crippen molar-refractivity contribution in [1.29, 1.82) is 0 Å². The standard InChI is InChI=1S/C21H27FN4O3.2C17H20FN3O.C17H21N3O.3CH4/c1-21(2,3)29-20(28)26-10-8-25(9-11-26)19-23-12-16(13-24-19)18(14-27)15-4-6-17(22)7-5-15;2*18-15-6-4-13(5-7-15)16(12-22)14-10-19-17(20-11-14)21-8-2-1-3-9-21;21-13-16(14-7-3-1-4-8-14)15-11-18-17(19-12-15)20-9-5-2-6-10-20;;;/h4-7,12-13,18,27H,8-11,14H2,1-3H3;2*4-7,10-11,16,22H,1-3,8-9,12H2;1,3-4,7-8,11-12,16,21H,2,5-6,9-10,13H2;3*1H4/t;16-;;16-;;;/m.0.1.../s1. The number of aliphatic hydroxyl groups excluding tert-OH is 4. The van der Waals surface area contributed by atoms with Crippen molar-refractivity contribution in [3.05, 3.63) is 215 Å². The number of nitrogens with zero attached hydrogens (tertiary/aromatic N) is 13. The van der Waals surface area contributed by atoms with Gasteiger partial charge >= 0.3 is 6.09 Å². The summed E-state index contributed by atoms with van der Waals surface area (Å²) in [5, 5.41) is 38.8. The van der Waals surface area contributed by atoms with Crippen LogP contribution in [0.1, 0.15) is 169 Å². The number of hydrogen-bond donors (Lipinski definition) is 4. The summed E-state index contributed by atoms with van der Waals surface area (Å²) >= 11 is 0. The third-order valence-corrected chi connectivity index (χ3v) is 17.1. The highest BCUT2D eigenvalue weighted by Gasteiger charge is 2.28. The summed E-state index contributed by atoms with van der Waals surface area (Å²) in [6, 6.07) is 28.4. The minimum absolute atomic E-state index is 0. The molecule has 0 radical (unpaired) electrons. The number of halogens is 3. The SMILES string of the molecule is C.C.C.CC(C)(C)OC(=O)N1CCN(c2ncc(C(CO)c3ccc(F)cc3)cn2)CC1.OCC(c1ccc(F)cc1)c1cnc(N2CCCCC2)nc1.OC[C@@H](c1ccc(F)cc1)c1cnc(N2CCCCC2)nc1.OC[C@H](c1ccccc1)c1cnc(N2CCCCC2)nc1. The molecule has 97 heavy (non-hydrogen) atoms. The highest BCUT2D eigenvalue weighted by atomic mass is 19.1. The van der Waals surface area contributed by atoms with Gasteiger partial charge in [0.05, 0.1) is 26.4 Å². The van der Waals surface area contributed by atoms with Crippen LogP contribution in [0.5, 0.6) is 0 Å². The van der Waals surface area contributed by atoms with Crippen molar-refractivity contribution in [2.75, 3.05) is 111 Å². The fraction of sp³-hybridized carbons (Fsp3) is 0.453. The van der Waals surface area contributed by atoms with E-state index in [0.717, 1.165) is 102 Å². The molecule has 4 aliphatic heterocycles. The molecule has 0 spiro atoms. The van der Waals surface area contributed by atoms with Crippen LogP contribution in [0.4, 0.5) is 41.8 Å². The maximum Gasteiger partial charge on any atom is 0.410 e. The van der Waals surface area contributed by atoms with Gasteiger partial charge < -0.3 is 49.7 Å². The first-order chi connectivity index (χ1) is 45.7. The Morgan fingerprint density at radius 1 is 0.361 bits per heavy atom. The van der Waals surface area contributed by atoms with Crippen molar-refractivity contribution in [1.82, 2.24) is 44.8 Å². The smallest absolute Gasteiger partial charge is 0.410 e. The van der Waals surface area contributed by atoms with Crippen molar-refractivity contribution in [3.8, 4) is 0 Å². The van der Waals surface area contributed by atoms with Crippen molar-refractivity contribution in [2.24, 2.45) is 0 Å². The van der Waals surface area contributed by atoms with Gasteiger partial charge in [0.15, 0.2) is 0 Å². The Morgan fingerprint density at radius 2 is 0.598 bits per heavy atom. The van der Waals surface area contributed by atoms with E-state index in [4.69, 9.17) is 4.74 Å². The number of rotatable bonds is 16. The largest absolute Gasteiger partial charge is 0.444 e. The van der Waals surface area contributed by atoms with Crippen molar-refractivity contribution in [2.45, 2.75) is 130 Å². The van der Waals surface area contributed by atoms with Crippen LogP contribution in [0.25, 0.3) is 0 Å². The molecule has 4 saturated heterocycles. The molecule has 4 atom stereocenters. The van der Waals surface area contributed by atoms with E-state index in [1.807, 2.05) is 68.4 Å². The number of carbonyl (C=O) groups excluding carboxylic acids is 1. The van der Waals surface area contributed by atoms with Crippen molar-refractivity contribution in [3.63, 3.8) is 0 Å². The Hall–Kier alpha value is -8.70. The Kier molecular flexibility index (Phi) is 31.0. The van der Waals surface area contributed by atoms with Crippen LogP contribution in [0.15, 0.2) is 153 Å². The summed E-state index contributed by atoms with van der Waals surface area (Å²) in [7, 11) is 0. The van der Waals surface area contributed by atoms with Crippen molar-refractivity contribution >= 4 is 29.9 Å². The summed E-state index contributed by atoms with van der Waals surface area (Å²) in [4.78, 5) is 58.1. The normalized spacial score (nSPS) is 15.9. The van der Waals surface area contributed by atoms with Crippen LogP contribution >= 0.6 is 0 Å². The number of benzene rings is 4. The minimum Gasteiger partial charge on any atom is -0.444 e. The van der Waals surface area contributed by atoms with Crippen molar-refractivity contribution < 1.29 is 43.1 Å². The zero-order valence-corrected chi connectivity index (χ0v) is 54.1. The Labute approximate surface area is 571 Å². The van der Waals surface area contributed by atoms with Crippen LogP contribution in [-0.4, -0.2) is 169 Å². The summed E-state index contributed by atoms with van der Waals surface area (Å²) in [6.45, 7) is 13.8. The number of piperazine rings is 1. The predicted octanol–water partition coefficient (Wildman–Crippen LogP) is 12.8. The molecule has 8 aromatic rings. The number of ether oxygens (including phenoxy) is 1. The third-order valence-electron chi connectivity index (χ3n) is 17.1. The summed E-state index contributed by atoms with van der Waals surface area (Å²) in [5.41, 5.74) is 6.51. The van der Waals surface area contributed by atoms with Crippen LogP contribution in [0.2, 0.25) is 0 Å². The van der Waals surface area contributed by atoms with E-state index < -0.39 is 5.60 Å². The molecule has 19 nitrogen and oxygen atoms in total. The third kappa shape index (κ3) is 22.4. The first-order valence-electron chi connectivity index (χ1n) is 32.7. The lowest BCUT2D eigenvalue weighted by molar-refractivity contribution is 0.0240. The minimum atomic E-state index is -0.513. The second kappa shape index (κ2) is 38.9. The van der Waals surface area contributed by atoms with Gasteiger partial charge in [-0.05, 0) is 159 Å². The molecule has 4 aliphatic rings. The number of piperidine rings is 3. The van der Waals surface area contributed by atoms with Gasteiger partial charge in [-0.2, -0.15) is 0 Å². The second-order valence-electron chi connectivity index (χ2n) is 24.9. The molecule has 0 bridgehead atoms. The van der Waals surface area contributed by atoms with E-state index in [1.54, 1.807) is 78.5 Å². The number of aromatic nitrogens is 8. The first kappa shape index (κ1) is 77.3. The van der Waals surface area contributed by atoms with Gasteiger partial charge in [-0.25, -0.2) is 57.8 Å². The second-order valence-corrected chi connectivity index (χ2v) is 24.9. The molecule has 4 aromatic carbocycles. The fourth-order valence-corrected chi connectivity index (χ4v) is 11.8. The van der Waals surface area contributed by atoms with Gasteiger partial charge in [-0.3, -0.25) is 0 Å². The van der Waals surface area contributed by atoms with Crippen LogP contribution in [-0.2, 0) is 4.74 Å². The average Bonchev–Trinajstić information content (AvgIpc) is 0.878. The van der Waals surface area contributed by atoms with E-state index in [-0.39, 0.29) is 95.9 Å². The average molecular weight is 1340 g/mol. The summed E-state index contributed by atoms with van der Waals surface area (Å²) < 4.78 is 44.6. The van der Waals surface area contributed by atoms with E-state index >= 15 is 0 Å². The number of carbonyl (C=O) groups is 1. The molecular weight excluding hydrogens is 1240 g/mol. The van der Waals surface area contributed by atoms with Crippen LogP contribution < -0.4 is 19.6 Å². The van der Waals surface area contributed by atoms with Gasteiger partial charge in [-0.1, -0.05) is 89.0 Å². The maximum atomic E-state index is 13.1. The monoisotopic (exact) mass is 1340 g/mol. The molecule has 8 heterocycles. The molecule has 0 aliphatic carbocycles. The van der Waals surface area contributed by atoms with E-state index in [0.29, 0.717) is 32.1 Å². The maximum absolute atomic E-state index is 13.1. The predicted molar refractivity (Wildman–Crippen MR) is 378 cm³/mol. The zero-order chi connectivity index (χ0) is 66.2. The lowest BCUT2D eigenvalue weighted by Gasteiger charge is -2.35. The number of amides is 1. The Morgan fingerprint density at radius 3 is 0.835 bits per heavy atom. The molecule has 522 valence electrons. The van der Waals surface area contributed by atoms with Gasteiger partial charge in [-0.15, -0.1) is 0 Å². The van der Waals surface area contributed by atoms with Crippen LogP contribution in [0, 0.1) is 17.5 Å². The summed E-state index contributed by atoms with van der Waals surface area (Å²) in [5.74, 6) is 1.19. The molecule has 0 saturated carbocycles. The van der Waals surface area contributed by atoms with Gasteiger partial charge in [0, 0.05) is 139 Å². The molecular formula is C75H100F3N13O6. The van der Waals surface area contributed by atoms with Gasteiger partial charge in [0.2, 0.25) is 23.8 Å². The van der Waals surface area contributed by atoms with Crippen LogP contribution in [0.3, 0.4) is 0 Å². The molecule has 4 N–H and O–H groups in total. The molecule has 4 fully saturated rings. The quantitative estimate of drug-likeness (QED) is 0.0705. The number of anilines is 4. The molecule has 2 unspecified atom stereocenters. The Bertz CT molecular complexity index is 3380. The number of hydrogen-bond acceptors (Lipinski definition) is 18. The summed E-state index contributed by atoms with van der Waals surface area (Å²) in [6.07, 6.45) is 24.8. The lowest BCUT2D eigenvalue weighted by atomic mass is 9.94. The molecule has 22 heteroatoms. The van der Waals surface area contributed by atoms with Gasteiger partial charge in [0.1, 0.15) is 23.1 Å². The fourth-order valence-electron chi connectivity index (χ4n) is 11.8. The lowest BCUT2D eigenvalue weighted by Crippen LogP contribution is -2.50. The Balaban J connectivity index is 0.000000204. The van der Waals surface area contributed by atoms with Gasteiger partial charge in [0.25, 0.3) is 0 Å². The molecule has 12 rings (SSSR count). The molecule has 4 aromatic heterocycles. The van der Waals surface area contributed by atoms with E-state index in [9.17, 15) is 38.4 Å². The highest BCUT2D eigenvalue weighted by Crippen LogP contribution is 2.30. The topological polar surface area (TPSA) is 227 Å². The molecule has 1 amide bonds.